The summed E-state index contributed by atoms with van der Waals surface area (Å²) < 4.78 is 27.6. The van der Waals surface area contributed by atoms with Gasteiger partial charge in [-0.25, -0.2) is 8.42 Å². The lowest BCUT2D eigenvalue weighted by molar-refractivity contribution is -0.134. The van der Waals surface area contributed by atoms with Crippen LogP contribution in [0.1, 0.15) is 18.4 Å². The fraction of sp³-hybridized carbons (Fsp3) is 0.280. The third kappa shape index (κ3) is 5.75. The lowest BCUT2D eigenvalue weighted by atomic mass is 10.1. The van der Waals surface area contributed by atoms with Crippen molar-refractivity contribution in [2.45, 2.75) is 24.3 Å². The van der Waals surface area contributed by atoms with E-state index in [9.17, 15) is 18.0 Å². The number of hydrogen-bond acceptors (Lipinski definition) is 4. The number of carbonyl (C=O) groups is 2. The van der Waals surface area contributed by atoms with Gasteiger partial charge in [-0.15, -0.1) is 0 Å². The average molecular weight is 500 g/mol. The predicted molar refractivity (Wildman–Crippen MR) is 132 cm³/mol. The molecule has 1 heterocycles. The first-order valence-electron chi connectivity index (χ1n) is 11.1. The summed E-state index contributed by atoms with van der Waals surface area (Å²) in [4.78, 5) is 26.5. The number of hydrogen-bond donors (Lipinski definition) is 1. The Kier molecular flexibility index (Phi) is 7.50. The van der Waals surface area contributed by atoms with Gasteiger partial charge in [0, 0.05) is 50.6 Å². The van der Waals surface area contributed by atoms with Crippen LogP contribution in [0.15, 0.2) is 71.6 Å². The maximum atomic E-state index is 13.1. The van der Waals surface area contributed by atoms with Gasteiger partial charge in [-0.05, 0) is 40.6 Å². The molecule has 3 aromatic rings. The molecule has 2 amide bonds. The molecule has 1 fully saturated rings. The molecule has 0 saturated carbocycles. The van der Waals surface area contributed by atoms with Crippen LogP contribution < -0.4 is 5.32 Å². The molecule has 9 heteroatoms. The SMILES string of the molecule is O=C(CCC(=O)N1CCN(S(=O)(=O)c2ccc3ccccc3c2)CC1)NCc1cccc(Cl)c1. The molecular weight excluding hydrogens is 474 g/mol. The Bertz CT molecular complexity index is 1300. The number of fused-ring (bicyclic) bond motifs is 1. The van der Waals surface area contributed by atoms with Crippen LogP contribution in [-0.2, 0) is 26.2 Å². The smallest absolute Gasteiger partial charge is 0.243 e. The van der Waals surface area contributed by atoms with E-state index in [1.54, 1.807) is 35.2 Å². The minimum atomic E-state index is -3.64. The summed E-state index contributed by atoms with van der Waals surface area (Å²) in [6.07, 6.45) is 0.161. The minimum absolute atomic E-state index is 0.0784. The van der Waals surface area contributed by atoms with Gasteiger partial charge in [-0.2, -0.15) is 4.31 Å². The van der Waals surface area contributed by atoms with Gasteiger partial charge in [0.1, 0.15) is 0 Å². The minimum Gasteiger partial charge on any atom is -0.352 e. The molecule has 1 aliphatic rings. The zero-order chi connectivity index (χ0) is 24.1. The van der Waals surface area contributed by atoms with Gasteiger partial charge in [-0.3, -0.25) is 9.59 Å². The second-order valence-corrected chi connectivity index (χ2v) is 10.6. The standard InChI is InChI=1S/C25H26ClN3O4S/c26-22-7-3-4-19(16-22)18-27-24(30)10-11-25(31)28-12-14-29(15-13-28)34(32,33)23-9-8-20-5-1-2-6-21(20)17-23/h1-9,16-17H,10-15,18H2,(H,27,30). The fourth-order valence-corrected chi connectivity index (χ4v) is 5.64. The van der Waals surface area contributed by atoms with E-state index in [4.69, 9.17) is 11.6 Å². The van der Waals surface area contributed by atoms with Crippen molar-refractivity contribution in [1.82, 2.24) is 14.5 Å². The Morgan fingerprint density at radius 1 is 0.853 bits per heavy atom. The number of nitrogens with zero attached hydrogens (tertiary/aromatic N) is 2. The van der Waals surface area contributed by atoms with E-state index in [-0.39, 0.29) is 42.6 Å². The van der Waals surface area contributed by atoms with Gasteiger partial charge in [0.25, 0.3) is 0 Å². The molecule has 4 rings (SSSR count). The van der Waals surface area contributed by atoms with E-state index < -0.39 is 10.0 Å². The molecule has 0 atom stereocenters. The summed E-state index contributed by atoms with van der Waals surface area (Å²) in [5.74, 6) is -0.369. The number of rotatable bonds is 7. The van der Waals surface area contributed by atoms with Crippen LogP contribution in [0.2, 0.25) is 5.02 Å². The maximum absolute atomic E-state index is 13.1. The molecule has 1 N–H and O–H groups in total. The number of sulfonamides is 1. The zero-order valence-corrected chi connectivity index (χ0v) is 20.2. The molecule has 1 saturated heterocycles. The number of piperazine rings is 1. The molecule has 178 valence electrons. The molecule has 0 radical (unpaired) electrons. The predicted octanol–water partition coefficient (Wildman–Crippen LogP) is 3.42. The second kappa shape index (κ2) is 10.5. The third-order valence-corrected chi connectivity index (χ3v) is 8.02. The van der Waals surface area contributed by atoms with Crippen molar-refractivity contribution in [3.8, 4) is 0 Å². The highest BCUT2D eigenvalue weighted by atomic mass is 35.5. The van der Waals surface area contributed by atoms with Crippen molar-refractivity contribution in [3.63, 3.8) is 0 Å². The van der Waals surface area contributed by atoms with Gasteiger partial charge >= 0.3 is 0 Å². The molecule has 7 nitrogen and oxygen atoms in total. The van der Waals surface area contributed by atoms with Crippen LogP contribution in [0.5, 0.6) is 0 Å². The summed E-state index contributed by atoms with van der Waals surface area (Å²) in [5.41, 5.74) is 0.885. The molecule has 0 aromatic heterocycles. The normalized spacial score (nSPS) is 14.8. The summed E-state index contributed by atoms with van der Waals surface area (Å²) in [5, 5.41) is 5.23. The van der Waals surface area contributed by atoms with Crippen molar-refractivity contribution >= 4 is 44.2 Å². The maximum Gasteiger partial charge on any atom is 0.243 e. The van der Waals surface area contributed by atoms with Gasteiger partial charge in [0.2, 0.25) is 21.8 Å². The van der Waals surface area contributed by atoms with Crippen LogP contribution in [0.3, 0.4) is 0 Å². The number of nitrogens with one attached hydrogen (secondary N) is 1. The van der Waals surface area contributed by atoms with Gasteiger partial charge in [0.05, 0.1) is 4.90 Å². The van der Waals surface area contributed by atoms with E-state index in [2.05, 4.69) is 5.32 Å². The van der Waals surface area contributed by atoms with Gasteiger partial charge in [-0.1, -0.05) is 54.1 Å². The first kappa shape index (κ1) is 24.2. The van der Waals surface area contributed by atoms with E-state index in [0.717, 1.165) is 16.3 Å². The lowest BCUT2D eigenvalue weighted by Gasteiger charge is -2.34. The van der Waals surface area contributed by atoms with Crippen molar-refractivity contribution in [2.24, 2.45) is 0 Å². The Morgan fingerprint density at radius 2 is 1.59 bits per heavy atom. The van der Waals surface area contributed by atoms with Crippen LogP contribution >= 0.6 is 11.6 Å². The van der Waals surface area contributed by atoms with Crippen LogP contribution in [0, 0.1) is 0 Å². The summed E-state index contributed by atoms with van der Waals surface area (Å²) in [6, 6.07) is 19.9. The highest BCUT2D eigenvalue weighted by molar-refractivity contribution is 7.89. The van der Waals surface area contributed by atoms with Crippen molar-refractivity contribution in [1.29, 1.82) is 0 Å². The molecule has 34 heavy (non-hydrogen) atoms. The molecular formula is C25H26ClN3O4S. The van der Waals surface area contributed by atoms with Crippen molar-refractivity contribution < 1.29 is 18.0 Å². The number of carbonyl (C=O) groups excluding carboxylic acids is 2. The Balaban J connectivity index is 1.26. The first-order chi connectivity index (χ1) is 16.3. The fourth-order valence-electron chi connectivity index (χ4n) is 3.97. The highest BCUT2D eigenvalue weighted by Gasteiger charge is 2.30. The second-order valence-electron chi connectivity index (χ2n) is 8.20. The third-order valence-electron chi connectivity index (χ3n) is 5.89. The first-order valence-corrected chi connectivity index (χ1v) is 12.9. The number of halogens is 1. The van der Waals surface area contributed by atoms with Crippen LogP contribution in [-0.4, -0.2) is 55.6 Å². The number of amides is 2. The summed E-state index contributed by atoms with van der Waals surface area (Å²) in [7, 11) is -3.64. The summed E-state index contributed by atoms with van der Waals surface area (Å²) >= 11 is 5.94. The molecule has 0 spiro atoms. The molecule has 3 aromatic carbocycles. The van der Waals surface area contributed by atoms with Crippen molar-refractivity contribution in [2.75, 3.05) is 26.2 Å². The van der Waals surface area contributed by atoms with E-state index in [1.807, 2.05) is 36.4 Å². The largest absolute Gasteiger partial charge is 0.352 e. The molecule has 0 bridgehead atoms. The topological polar surface area (TPSA) is 86.8 Å². The van der Waals surface area contributed by atoms with Crippen LogP contribution in [0.4, 0.5) is 0 Å². The highest BCUT2D eigenvalue weighted by Crippen LogP contribution is 2.23. The quantitative estimate of drug-likeness (QED) is 0.539. The summed E-state index contributed by atoms with van der Waals surface area (Å²) in [6.45, 7) is 1.40. The Hall–Kier alpha value is -2.94. The van der Waals surface area contributed by atoms with E-state index in [1.165, 1.54) is 4.31 Å². The van der Waals surface area contributed by atoms with Crippen LogP contribution in [0.25, 0.3) is 10.8 Å². The average Bonchev–Trinajstić information content (AvgIpc) is 2.86. The van der Waals surface area contributed by atoms with E-state index >= 15 is 0 Å². The molecule has 1 aliphatic heterocycles. The molecule has 0 aliphatic carbocycles. The lowest BCUT2D eigenvalue weighted by Crippen LogP contribution is -2.50. The van der Waals surface area contributed by atoms with Gasteiger partial charge in [0.15, 0.2) is 0 Å². The van der Waals surface area contributed by atoms with Gasteiger partial charge < -0.3 is 10.2 Å². The Labute approximate surface area is 204 Å². The monoisotopic (exact) mass is 499 g/mol. The van der Waals surface area contributed by atoms with E-state index in [0.29, 0.717) is 24.7 Å². The zero-order valence-electron chi connectivity index (χ0n) is 18.6. The number of benzene rings is 3. The van der Waals surface area contributed by atoms with Crippen molar-refractivity contribution in [3.05, 3.63) is 77.3 Å². The molecule has 0 unspecified atom stereocenters. The Morgan fingerprint density at radius 3 is 2.32 bits per heavy atom.